The molecule has 5 heteroatoms. The van der Waals surface area contributed by atoms with E-state index in [4.69, 9.17) is 0 Å². The molecule has 0 spiro atoms. The molecule has 2 fully saturated rings. The van der Waals surface area contributed by atoms with E-state index in [1.165, 1.54) is 63.9 Å². The van der Waals surface area contributed by atoms with Crippen molar-refractivity contribution >= 4 is 0 Å². The van der Waals surface area contributed by atoms with Crippen LogP contribution in [0.25, 0.3) is 0 Å². The number of likely N-dealkylation sites (tertiary alicyclic amines) is 1. The second-order valence-corrected chi connectivity index (χ2v) is 6.96. The van der Waals surface area contributed by atoms with Gasteiger partial charge in [-0.15, -0.1) is 10.2 Å². The van der Waals surface area contributed by atoms with Crippen LogP contribution in [0.15, 0.2) is 0 Å². The molecule has 116 valence electrons. The van der Waals surface area contributed by atoms with Gasteiger partial charge < -0.3 is 9.88 Å². The molecule has 0 amide bonds. The summed E-state index contributed by atoms with van der Waals surface area (Å²) in [5, 5.41) is 12.3. The third-order valence-electron chi connectivity index (χ3n) is 5.53. The summed E-state index contributed by atoms with van der Waals surface area (Å²) in [7, 11) is 0. The van der Waals surface area contributed by atoms with Gasteiger partial charge in [-0.3, -0.25) is 4.90 Å². The first-order valence-corrected chi connectivity index (χ1v) is 8.78. The lowest BCUT2D eigenvalue weighted by Gasteiger charge is -2.31. The zero-order chi connectivity index (χ0) is 14.1. The lowest BCUT2D eigenvalue weighted by Crippen LogP contribution is -2.34. The molecule has 0 radical (unpaired) electrons. The first-order chi connectivity index (χ1) is 10.4. The molecule has 21 heavy (non-hydrogen) atoms. The standard InChI is InChI=1S/C16H27N5/c1-2-5-13(6-3-1)12-20-9-4-7-14(20)16-19-18-15-11-17-8-10-21(15)16/h13-14,17H,1-12H2. The summed E-state index contributed by atoms with van der Waals surface area (Å²) in [6.45, 7) is 5.49. The van der Waals surface area contributed by atoms with Crippen LogP contribution in [-0.4, -0.2) is 39.3 Å². The third kappa shape index (κ3) is 2.73. The van der Waals surface area contributed by atoms with Crippen LogP contribution in [-0.2, 0) is 13.1 Å². The Morgan fingerprint density at radius 1 is 1.00 bits per heavy atom. The van der Waals surface area contributed by atoms with E-state index < -0.39 is 0 Å². The van der Waals surface area contributed by atoms with Gasteiger partial charge in [0.25, 0.3) is 0 Å². The SMILES string of the molecule is C1CCC(CN2CCCC2c2nnc3n2CCNC3)CC1. The quantitative estimate of drug-likeness (QED) is 0.925. The highest BCUT2D eigenvalue weighted by molar-refractivity contribution is 5.05. The van der Waals surface area contributed by atoms with E-state index in [1.807, 2.05) is 0 Å². The molecule has 1 saturated heterocycles. The van der Waals surface area contributed by atoms with Crippen LogP contribution in [0.2, 0.25) is 0 Å². The van der Waals surface area contributed by atoms with Crippen molar-refractivity contribution < 1.29 is 0 Å². The van der Waals surface area contributed by atoms with Crippen molar-refractivity contribution in [3.8, 4) is 0 Å². The number of nitrogens with one attached hydrogen (secondary N) is 1. The van der Waals surface area contributed by atoms with Gasteiger partial charge in [-0.05, 0) is 38.1 Å². The van der Waals surface area contributed by atoms with Crippen LogP contribution in [0.5, 0.6) is 0 Å². The summed E-state index contributed by atoms with van der Waals surface area (Å²) < 4.78 is 2.38. The minimum Gasteiger partial charge on any atom is -0.311 e. The van der Waals surface area contributed by atoms with E-state index in [-0.39, 0.29) is 0 Å². The Bertz CT molecular complexity index is 477. The molecule has 4 rings (SSSR count). The Kier molecular flexibility index (Phi) is 3.95. The average molecular weight is 289 g/mol. The number of aromatic nitrogens is 3. The molecule has 3 aliphatic rings. The molecular formula is C16H27N5. The molecule has 1 atom stereocenters. The number of fused-ring (bicyclic) bond motifs is 1. The molecule has 5 nitrogen and oxygen atoms in total. The Morgan fingerprint density at radius 3 is 2.81 bits per heavy atom. The van der Waals surface area contributed by atoms with Gasteiger partial charge in [-0.2, -0.15) is 0 Å². The summed E-state index contributed by atoms with van der Waals surface area (Å²) in [4.78, 5) is 2.70. The predicted molar refractivity (Wildman–Crippen MR) is 81.9 cm³/mol. The number of hydrogen-bond acceptors (Lipinski definition) is 4. The van der Waals surface area contributed by atoms with Crippen molar-refractivity contribution in [1.29, 1.82) is 0 Å². The normalized spacial score (nSPS) is 27.9. The Hall–Kier alpha value is -0.940. The zero-order valence-electron chi connectivity index (χ0n) is 12.9. The first-order valence-electron chi connectivity index (χ1n) is 8.78. The molecule has 1 saturated carbocycles. The highest BCUT2D eigenvalue weighted by atomic mass is 15.3. The maximum absolute atomic E-state index is 4.55. The second kappa shape index (κ2) is 6.05. The first kappa shape index (κ1) is 13.7. The third-order valence-corrected chi connectivity index (χ3v) is 5.53. The summed E-state index contributed by atoms with van der Waals surface area (Å²) in [6, 6.07) is 0.520. The molecule has 3 heterocycles. The van der Waals surface area contributed by atoms with Crippen molar-refractivity contribution in [1.82, 2.24) is 25.0 Å². The zero-order valence-corrected chi connectivity index (χ0v) is 12.9. The minimum atomic E-state index is 0.520. The van der Waals surface area contributed by atoms with Crippen molar-refractivity contribution in [3.63, 3.8) is 0 Å². The number of nitrogens with zero attached hydrogens (tertiary/aromatic N) is 4. The van der Waals surface area contributed by atoms with E-state index in [0.29, 0.717) is 6.04 Å². The smallest absolute Gasteiger partial charge is 0.150 e. The fourth-order valence-corrected chi connectivity index (χ4v) is 4.40. The maximum atomic E-state index is 4.55. The molecule has 1 aliphatic carbocycles. The Balaban J connectivity index is 1.49. The van der Waals surface area contributed by atoms with Crippen molar-refractivity contribution in [2.45, 2.75) is 64.1 Å². The summed E-state index contributed by atoms with van der Waals surface area (Å²) >= 11 is 0. The Labute approximate surface area is 127 Å². The van der Waals surface area contributed by atoms with Crippen molar-refractivity contribution in [2.24, 2.45) is 5.92 Å². The Morgan fingerprint density at radius 2 is 1.90 bits per heavy atom. The van der Waals surface area contributed by atoms with Gasteiger partial charge >= 0.3 is 0 Å². The average Bonchev–Trinajstić information content (AvgIpc) is 3.14. The molecule has 2 aliphatic heterocycles. The van der Waals surface area contributed by atoms with Crippen LogP contribution < -0.4 is 5.32 Å². The van der Waals surface area contributed by atoms with Crippen LogP contribution in [0.4, 0.5) is 0 Å². The van der Waals surface area contributed by atoms with E-state index >= 15 is 0 Å². The lowest BCUT2D eigenvalue weighted by atomic mass is 9.89. The van der Waals surface area contributed by atoms with Gasteiger partial charge in [0.1, 0.15) is 5.82 Å². The molecule has 1 unspecified atom stereocenters. The van der Waals surface area contributed by atoms with E-state index in [2.05, 4.69) is 25.0 Å². The summed E-state index contributed by atoms with van der Waals surface area (Å²) in [6.07, 6.45) is 9.78. The highest BCUT2D eigenvalue weighted by Crippen LogP contribution is 2.34. The van der Waals surface area contributed by atoms with Crippen LogP contribution >= 0.6 is 0 Å². The number of hydrogen-bond donors (Lipinski definition) is 1. The van der Waals surface area contributed by atoms with Crippen molar-refractivity contribution in [3.05, 3.63) is 11.6 Å². The van der Waals surface area contributed by atoms with Gasteiger partial charge in [0.15, 0.2) is 5.82 Å². The van der Waals surface area contributed by atoms with Gasteiger partial charge in [0.2, 0.25) is 0 Å². The molecule has 0 aromatic carbocycles. The van der Waals surface area contributed by atoms with Crippen LogP contribution in [0, 0.1) is 5.92 Å². The van der Waals surface area contributed by atoms with E-state index in [0.717, 1.165) is 31.4 Å². The highest BCUT2D eigenvalue weighted by Gasteiger charge is 2.33. The second-order valence-electron chi connectivity index (χ2n) is 6.96. The maximum Gasteiger partial charge on any atom is 0.150 e. The monoisotopic (exact) mass is 289 g/mol. The molecule has 1 N–H and O–H groups in total. The lowest BCUT2D eigenvalue weighted by molar-refractivity contribution is 0.180. The number of rotatable bonds is 3. The molecule has 1 aromatic rings. The van der Waals surface area contributed by atoms with Gasteiger partial charge in [-0.1, -0.05) is 19.3 Å². The minimum absolute atomic E-state index is 0.520. The van der Waals surface area contributed by atoms with Gasteiger partial charge in [0.05, 0.1) is 12.6 Å². The fourth-order valence-electron chi connectivity index (χ4n) is 4.40. The molecule has 1 aromatic heterocycles. The van der Waals surface area contributed by atoms with E-state index in [9.17, 15) is 0 Å². The molecule has 0 bridgehead atoms. The summed E-state index contributed by atoms with van der Waals surface area (Å²) in [5.74, 6) is 3.28. The van der Waals surface area contributed by atoms with Crippen LogP contribution in [0.1, 0.15) is 62.6 Å². The predicted octanol–water partition coefficient (Wildman–Crippen LogP) is 2.10. The van der Waals surface area contributed by atoms with Crippen molar-refractivity contribution in [2.75, 3.05) is 19.6 Å². The summed E-state index contributed by atoms with van der Waals surface area (Å²) in [5.41, 5.74) is 0. The van der Waals surface area contributed by atoms with Gasteiger partial charge in [0, 0.05) is 19.6 Å². The largest absolute Gasteiger partial charge is 0.311 e. The topological polar surface area (TPSA) is 46.0 Å². The fraction of sp³-hybridized carbons (Fsp3) is 0.875. The molecular weight excluding hydrogens is 262 g/mol. The van der Waals surface area contributed by atoms with Gasteiger partial charge in [-0.25, -0.2) is 0 Å². The van der Waals surface area contributed by atoms with E-state index in [1.54, 1.807) is 0 Å². The van der Waals surface area contributed by atoms with Crippen LogP contribution in [0.3, 0.4) is 0 Å².